The molecule has 0 saturated heterocycles. The highest BCUT2D eigenvalue weighted by Gasteiger charge is 2.12. The smallest absolute Gasteiger partial charge is 0.336 e. The SMILES string of the molecule is C=Nc1cc(-c2ccc(-c3ccc(COCCOCCO)cc3)cc2)c(Cl)cc1NCOc1ccc(C)c(C(=O)O)c1. The largest absolute Gasteiger partial charge is 0.478 e. The molecule has 0 fully saturated rings. The number of carbonyl (C=O) groups is 1. The minimum absolute atomic E-state index is 0.0119. The molecule has 0 bridgehead atoms. The molecule has 4 aromatic rings. The summed E-state index contributed by atoms with van der Waals surface area (Å²) < 4.78 is 16.5. The number of nitrogens with one attached hydrogen (secondary N) is 1. The van der Waals surface area contributed by atoms with E-state index in [9.17, 15) is 9.90 Å². The highest BCUT2D eigenvalue weighted by molar-refractivity contribution is 6.33. The van der Waals surface area contributed by atoms with E-state index in [-0.39, 0.29) is 18.9 Å². The lowest BCUT2D eigenvalue weighted by Crippen LogP contribution is -2.10. The highest BCUT2D eigenvalue weighted by atomic mass is 35.5. The van der Waals surface area contributed by atoms with E-state index < -0.39 is 5.97 Å². The zero-order valence-corrected chi connectivity index (χ0v) is 24.1. The average molecular weight is 589 g/mol. The predicted octanol–water partition coefficient (Wildman–Crippen LogP) is 6.99. The monoisotopic (exact) mass is 588 g/mol. The topological polar surface area (TPSA) is 110 Å². The Morgan fingerprint density at radius 3 is 2.24 bits per heavy atom. The second-order valence-corrected chi connectivity index (χ2v) is 9.82. The summed E-state index contributed by atoms with van der Waals surface area (Å²) in [5, 5.41) is 21.7. The number of aliphatic hydroxyl groups excluding tert-OH is 1. The fourth-order valence-corrected chi connectivity index (χ4v) is 4.56. The van der Waals surface area contributed by atoms with Crippen LogP contribution in [0.5, 0.6) is 5.75 Å². The van der Waals surface area contributed by atoms with Gasteiger partial charge in [0.25, 0.3) is 0 Å². The maximum Gasteiger partial charge on any atom is 0.336 e. The molecule has 0 aliphatic heterocycles. The van der Waals surface area contributed by atoms with Crippen LogP contribution < -0.4 is 10.1 Å². The molecular weight excluding hydrogens is 556 g/mol. The number of rotatable bonds is 15. The first-order valence-corrected chi connectivity index (χ1v) is 13.7. The van der Waals surface area contributed by atoms with Crippen molar-refractivity contribution in [2.24, 2.45) is 4.99 Å². The Balaban J connectivity index is 1.38. The van der Waals surface area contributed by atoms with Crippen molar-refractivity contribution >= 4 is 35.7 Å². The van der Waals surface area contributed by atoms with Crippen molar-refractivity contribution in [3.8, 4) is 28.0 Å². The Bertz CT molecular complexity index is 1510. The van der Waals surface area contributed by atoms with Crippen LogP contribution in [-0.2, 0) is 16.1 Å². The fourth-order valence-electron chi connectivity index (χ4n) is 4.28. The Hall–Kier alpha value is -4.21. The molecular formula is C33H33ClN2O6. The molecule has 0 amide bonds. The number of aryl methyl sites for hydroxylation is 1. The van der Waals surface area contributed by atoms with Gasteiger partial charge in [-0.3, -0.25) is 4.99 Å². The molecule has 4 aromatic carbocycles. The number of nitrogens with zero attached hydrogens (tertiary/aromatic N) is 1. The molecule has 0 radical (unpaired) electrons. The van der Waals surface area contributed by atoms with Gasteiger partial charge >= 0.3 is 5.97 Å². The van der Waals surface area contributed by atoms with Gasteiger partial charge in [0.1, 0.15) is 5.75 Å². The van der Waals surface area contributed by atoms with Crippen LogP contribution in [0.3, 0.4) is 0 Å². The number of aliphatic imine (C=N–C) groups is 1. The van der Waals surface area contributed by atoms with Crippen molar-refractivity contribution in [3.05, 3.63) is 101 Å². The molecule has 4 rings (SSSR count). The van der Waals surface area contributed by atoms with Crippen LogP contribution in [0.2, 0.25) is 5.02 Å². The van der Waals surface area contributed by atoms with Gasteiger partial charge in [0.05, 0.1) is 55.0 Å². The number of hydrogen-bond acceptors (Lipinski definition) is 7. The summed E-state index contributed by atoms with van der Waals surface area (Å²) in [5.74, 6) is -0.568. The maximum absolute atomic E-state index is 11.4. The molecule has 3 N–H and O–H groups in total. The lowest BCUT2D eigenvalue weighted by Gasteiger charge is -2.15. The van der Waals surface area contributed by atoms with Gasteiger partial charge in [-0.05, 0) is 65.7 Å². The molecule has 9 heteroatoms. The van der Waals surface area contributed by atoms with Crippen LogP contribution in [0.15, 0.2) is 83.9 Å². The summed E-state index contributed by atoms with van der Waals surface area (Å²) in [5.41, 5.74) is 7.07. The third-order valence-corrected chi connectivity index (χ3v) is 6.87. The fraction of sp³-hybridized carbons (Fsp3) is 0.212. The van der Waals surface area contributed by atoms with Crippen molar-refractivity contribution in [1.82, 2.24) is 0 Å². The number of aliphatic hydroxyl groups is 1. The number of halogens is 1. The zero-order chi connectivity index (χ0) is 29.9. The van der Waals surface area contributed by atoms with Crippen LogP contribution in [0.1, 0.15) is 21.5 Å². The molecule has 0 saturated carbocycles. The molecule has 42 heavy (non-hydrogen) atoms. The van der Waals surface area contributed by atoms with Crippen LogP contribution in [0.25, 0.3) is 22.3 Å². The van der Waals surface area contributed by atoms with E-state index in [1.54, 1.807) is 25.1 Å². The summed E-state index contributed by atoms with van der Waals surface area (Å²) in [6.07, 6.45) is 0. The third-order valence-electron chi connectivity index (χ3n) is 6.56. The predicted molar refractivity (Wildman–Crippen MR) is 166 cm³/mol. The molecule has 0 unspecified atom stereocenters. The molecule has 218 valence electrons. The highest BCUT2D eigenvalue weighted by Crippen LogP contribution is 2.38. The van der Waals surface area contributed by atoms with Gasteiger partial charge in [-0.25, -0.2) is 4.79 Å². The first-order valence-electron chi connectivity index (χ1n) is 13.4. The van der Waals surface area contributed by atoms with Gasteiger partial charge in [-0.1, -0.05) is 66.2 Å². The second kappa shape index (κ2) is 15.1. The third kappa shape index (κ3) is 8.18. The van der Waals surface area contributed by atoms with Gasteiger partial charge in [-0.2, -0.15) is 0 Å². The Labute approximate surface area is 250 Å². The summed E-state index contributed by atoms with van der Waals surface area (Å²) in [4.78, 5) is 15.5. The van der Waals surface area contributed by atoms with Crippen LogP contribution in [0, 0.1) is 6.92 Å². The van der Waals surface area contributed by atoms with Crippen molar-refractivity contribution in [2.75, 3.05) is 38.5 Å². The van der Waals surface area contributed by atoms with Crippen molar-refractivity contribution in [3.63, 3.8) is 0 Å². The van der Waals surface area contributed by atoms with Gasteiger partial charge in [0.2, 0.25) is 0 Å². The average Bonchev–Trinajstić information content (AvgIpc) is 3.00. The van der Waals surface area contributed by atoms with E-state index in [1.807, 2.05) is 42.5 Å². The Morgan fingerprint density at radius 1 is 0.905 bits per heavy atom. The molecule has 8 nitrogen and oxygen atoms in total. The quantitative estimate of drug-likeness (QED) is 0.0780. The van der Waals surface area contributed by atoms with Crippen molar-refractivity contribution in [2.45, 2.75) is 13.5 Å². The van der Waals surface area contributed by atoms with E-state index in [4.69, 9.17) is 30.9 Å². The number of carboxylic acids is 1. The van der Waals surface area contributed by atoms with E-state index in [0.717, 1.165) is 27.8 Å². The number of aromatic carboxylic acids is 1. The van der Waals surface area contributed by atoms with E-state index in [1.165, 1.54) is 6.07 Å². The first kappa shape index (κ1) is 30.7. The zero-order valence-electron chi connectivity index (χ0n) is 23.3. The molecule has 0 spiro atoms. The minimum Gasteiger partial charge on any atom is -0.478 e. The van der Waals surface area contributed by atoms with Crippen molar-refractivity contribution < 1.29 is 29.2 Å². The van der Waals surface area contributed by atoms with Crippen LogP contribution >= 0.6 is 11.6 Å². The Kier molecular flexibility index (Phi) is 11.1. The summed E-state index contributed by atoms with van der Waals surface area (Å²) in [6.45, 7) is 7.27. The maximum atomic E-state index is 11.4. The van der Waals surface area contributed by atoms with Gasteiger partial charge in [-0.15, -0.1) is 0 Å². The number of ether oxygens (including phenoxy) is 3. The lowest BCUT2D eigenvalue weighted by molar-refractivity contribution is 0.0274. The van der Waals surface area contributed by atoms with E-state index in [2.05, 4.69) is 29.2 Å². The normalized spacial score (nSPS) is 10.8. The van der Waals surface area contributed by atoms with Crippen LogP contribution in [-0.4, -0.2) is 56.1 Å². The van der Waals surface area contributed by atoms with Gasteiger partial charge in [0.15, 0.2) is 6.73 Å². The number of anilines is 1. The summed E-state index contributed by atoms with van der Waals surface area (Å²) in [6, 6.07) is 24.9. The van der Waals surface area contributed by atoms with E-state index >= 15 is 0 Å². The van der Waals surface area contributed by atoms with Gasteiger partial charge < -0.3 is 29.7 Å². The second-order valence-electron chi connectivity index (χ2n) is 9.42. The van der Waals surface area contributed by atoms with Crippen molar-refractivity contribution in [1.29, 1.82) is 0 Å². The molecule has 0 aromatic heterocycles. The van der Waals surface area contributed by atoms with Gasteiger partial charge in [0, 0.05) is 5.56 Å². The van der Waals surface area contributed by atoms with E-state index in [0.29, 0.717) is 54.1 Å². The molecule has 0 aliphatic rings. The minimum atomic E-state index is -1.00. The number of carboxylic acid groups (broad SMARTS) is 1. The number of hydrogen-bond donors (Lipinski definition) is 3. The number of benzene rings is 4. The molecule has 0 heterocycles. The summed E-state index contributed by atoms with van der Waals surface area (Å²) in [7, 11) is 0. The Morgan fingerprint density at radius 2 is 1.57 bits per heavy atom. The molecule has 0 aliphatic carbocycles. The first-order chi connectivity index (χ1) is 20.4. The molecule has 0 atom stereocenters. The summed E-state index contributed by atoms with van der Waals surface area (Å²) >= 11 is 6.67. The standard InChI is InChI=1S/C33H33ClN2O6/c1-22-3-12-27(17-28(22)33(38)39)42-21-36-32-19-30(34)29(18-31(32)35-2)26-10-8-25(9-11-26)24-6-4-23(5-7-24)20-41-16-15-40-14-13-37/h3-12,17-19,36-37H,2,13-16,20-21H2,1H3,(H,38,39). The lowest BCUT2D eigenvalue weighted by atomic mass is 9.99. The van der Waals surface area contributed by atoms with Crippen LogP contribution in [0.4, 0.5) is 11.4 Å².